The van der Waals surface area contributed by atoms with Crippen molar-refractivity contribution in [2.24, 2.45) is 11.5 Å². The van der Waals surface area contributed by atoms with Gasteiger partial charge in [0.05, 0.1) is 6.61 Å². The van der Waals surface area contributed by atoms with Crippen LogP contribution in [0.25, 0.3) is 0 Å². The number of unbranched alkanes of at least 4 members (excludes halogenated alkanes) is 2. The second kappa shape index (κ2) is 8.84. The first-order valence-electron chi connectivity index (χ1n) is 5.51. The van der Waals surface area contributed by atoms with Crippen LogP contribution in [0.3, 0.4) is 0 Å². The van der Waals surface area contributed by atoms with Crippen molar-refractivity contribution in [2.45, 2.75) is 19.3 Å². The highest BCUT2D eigenvalue weighted by Crippen LogP contribution is 2.12. The highest BCUT2D eigenvalue weighted by molar-refractivity contribution is 5.94. The monoisotopic (exact) mass is 257 g/mol. The number of ether oxygens (including phenoxy) is 1. The molecular weight excluding hydrogens is 238 g/mol. The molecule has 1 aromatic rings. The molecule has 1 aromatic carbocycles. The van der Waals surface area contributed by atoms with Crippen LogP contribution in [0.15, 0.2) is 24.3 Å². The van der Waals surface area contributed by atoms with Crippen LogP contribution in [0.5, 0.6) is 5.75 Å². The molecule has 0 aliphatic carbocycles. The molecule has 0 spiro atoms. The first-order valence-corrected chi connectivity index (χ1v) is 5.51. The van der Waals surface area contributed by atoms with Crippen LogP contribution in [-0.4, -0.2) is 19.0 Å². The molecule has 0 amide bonds. The lowest BCUT2D eigenvalue weighted by Gasteiger charge is -2.06. The summed E-state index contributed by atoms with van der Waals surface area (Å²) >= 11 is 0. The van der Waals surface area contributed by atoms with Gasteiger partial charge in [0.15, 0.2) is 0 Å². The fourth-order valence-electron chi connectivity index (χ4n) is 1.34. The fraction of sp³-hybridized carbons (Fsp3) is 0.417. The van der Waals surface area contributed by atoms with Crippen LogP contribution >= 0.6 is 12.4 Å². The Morgan fingerprint density at radius 2 is 1.76 bits per heavy atom. The van der Waals surface area contributed by atoms with Crippen LogP contribution in [0.4, 0.5) is 0 Å². The molecule has 96 valence electrons. The number of amidine groups is 1. The first kappa shape index (κ1) is 15.7. The molecule has 0 fully saturated rings. The summed E-state index contributed by atoms with van der Waals surface area (Å²) in [6.45, 7) is 1.45. The minimum absolute atomic E-state index is 0. The van der Waals surface area contributed by atoms with Gasteiger partial charge in [0.25, 0.3) is 0 Å². The van der Waals surface area contributed by atoms with Gasteiger partial charge < -0.3 is 16.2 Å². The SMILES string of the molecule is Cl.N=C(N)c1ccc(OCCCCCN)cc1. The topological polar surface area (TPSA) is 85.1 Å². The Kier molecular flexibility index (Phi) is 8.19. The average Bonchev–Trinajstić information content (AvgIpc) is 2.29. The molecule has 0 unspecified atom stereocenters. The van der Waals surface area contributed by atoms with E-state index in [2.05, 4.69) is 0 Å². The van der Waals surface area contributed by atoms with Crippen LogP contribution < -0.4 is 16.2 Å². The van der Waals surface area contributed by atoms with Crippen molar-refractivity contribution in [3.05, 3.63) is 29.8 Å². The number of halogens is 1. The van der Waals surface area contributed by atoms with Crippen LogP contribution in [0.2, 0.25) is 0 Å². The third-order valence-electron chi connectivity index (χ3n) is 2.28. The molecule has 17 heavy (non-hydrogen) atoms. The molecule has 0 radical (unpaired) electrons. The molecule has 0 aliphatic heterocycles. The molecule has 0 saturated carbocycles. The smallest absolute Gasteiger partial charge is 0.122 e. The minimum atomic E-state index is 0. The number of nitrogen functional groups attached to an aromatic ring is 1. The minimum Gasteiger partial charge on any atom is -0.494 e. The lowest BCUT2D eigenvalue weighted by Crippen LogP contribution is -2.10. The molecule has 0 bridgehead atoms. The summed E-state index contributed by atoms with van der Waals surface area (Å²) in [4.78, 5) is 0. The molecule has 1 rings (SSSR count). The van der Waals surface area contributed by atoms with Gasteiger partial charge in [-0.2, -0.15) is 0 Å². The highest BCUT2D eigenvalue weighted by Gasteiger charge is 1.97. The maximum atomic E-state index is 7.25. The van der Waals surface area contributed by atoms with E-state index in [1.165, 1.54) is 0 Å². The Morgan fingerprint density at radius 1 is 1.12 bits per heavy atom. The van der Waals surface area contributed by atoms with E-state index in [9.17, 15) is 0 Å². The molecule has 5 heteroatoms. The average molecular weight is 258 g/mol. The van der Waals surface area contributed by atoms with E-state index in [4.69, 9.17) is 21.6 Å². The van der Waals surface area contributed by atoms with Gasteiger partial charge in [-0.15, -0.1) is 12.4 Å². The summed E-state index contributed by atoms with van der Waals surface area (Å²) in [7, 11) is 0. The standard InChI is InChI=1S/C12H19N3O.ClH/c13-8-2-1-3-9-16-11-6-4-10(5-7-11)12(14)15;/h4-7H,1-3,8-9,13H2,(H3,14,15);1H. The number of nitrogens with one attached hydrogen (secondary N) is 1. The lowest BCUT2D eigenvalue weighted by molar-refractivity contribution is 0.305. The predicted octanol–water partition coefficient (Wildman–Crippen LogP) is 1.90. The van der Waals surface area contributed by atoms with Gasteiger partial charge in [0.1, 0.15) is 11.6 Å². The van der Waals surface area contributed by atoms with E-state index >= 15 is 0 Å². The number of rotatable bonds is 7. The second-order valence-electron chi connectivity index (χ2n) is 3.64. The number of nitrogens with two attached hydrogens (primary N) is 2. The zero-order chi connectivity index (χ0) is 11.8. The van der Waals surface area contributed by atoms with Crippen molar-refractivity contribution >= 4 is 18.2 Å². The van der Waals surface area contributed by atoms with Crippen molar-refractivity contribution in [3.63, 3.8) is 0 Å². The third-order valence-corrected chi connectivity index (χ3v) is 2.28. The van der Waals surface area contributed by atoms with Gasteiger partial charge in [0, 0.05) is 5.56 Å². The zero-order valence-corrected chi connectivity index (χ0v) is 10.6. The van der Waals surface area contributed by atoms with Crippen molar-refractivity contribution in [1.29, 1.82) is 5.41 Å². The van der Waals surface area contributed by atoms with Gasteiger partial charge in [-0.3, -0.25) is 5.41 Å². The number of hydrogen-bond donors (Lipinski definition) is 3. The normalized spacial score (nSPS) is 9.47. The lowest BCUT2D eigenvalue weighted by atomic mass is 10.2. The third kappa shape index (κ3) is 6.14. The molecule has 0 atom stereocenters. The Bertz CT molecular complexity index is 327. The maximum Gasteiger partial charge on any atom is 0.122 e. The van der Waals surface area contributed by atoms with Gasteiger partial charge in [0.2, 0.25) is 0 Å². The van der Waals surface area contributed by atoms with Crippen molar-refractivity contribution < 1.29 is 4.74 Å². The molecule has 4 nitrogen and oxygen atoms in total. The summed E-state index contributed by atoms with van der Waals surface area (Å²) in [5.74, 6) is 0.896. The molecule has 0 aliphatic rings. The van der Waals surface area contributed by atoms with Crippen molar-refractivity contribution in [2.75, 3.05) is 13.2 Å². The summed E-state index contributed by atoms with van der Waals surface area (Å²) in [5, 5.41) is 7.25. The number of hydrogen-bond acceptors (Lipinski definition) is 3. The molecule has 0 aromatic heterocycles. The van der Waals surface area contributed by atoms with E-state index in [-0.39, 0.29) is 18.2 Å². The van der Waals surface area contributed by atoms with Gasteiger partial charge in [-0.05, 0) is 50.1 Å². The summed E-state index contributed by atoms with van der Waals surface area (Å²) in [6, 6.07) is 7.24. The first-order chi connectivity index (χ1) is 7.74. The largest absolute Gasteiger partial charge is 0.494 e. The Labute approximate surface area is 108 Å². The zero-order valence-electron chi connectivity index (χ0n) is 9.82. The van der Waals surface area contributed by atoms with E-state index in [1.54, 1.807) is 12.1 Å². The van der Waals surface area contributed by atoms with Crippen molar-refractivity contribution in [3.8, 4) is 5.75 Å². The molecule has 0 heterocycles. The summed E-state index contributed by atoms with van der Waals surface area (Å²) < 4.78 is 5.54. The molecular formula is C12H20ClN3O. The van der Waals surface area contributed by atoms with Gasteiger partial charge >= 0.3 is 0 Å². The van der Waals surface area contributed by atoms with Crippen LogP contribution in [-0.2, 0) is 0 Å². The fourth-order valence-corrected chi connectivity index (χ4v) is 1.34. The van der Waals surface area contributed by atoms with E-state index in [0.29, 0.717) is 6.61 Å². The van der Waals surface area contributed by atoms with Gasteiger partial charge in [-0.1, -0.05) is 0 Å². The molecule has 5 N–H and O–H groups in total. The predicted molar refractivity (Wildman–Crippen MR) is 73.1 cm³/mol. The Balaban J connectivity index is 0.00000256. The van der Waals surface area contributed by atoms with E-state index in [1.807, 2.05) is 12.1 Å². The van der Waals surface area contributed by atoms with Crippen LogP contribution in [0.1, 0.15) is 24.8 Å². The van der Waals surface area contributed by atoms with Gasteiger partial charge in [-0.25, -0.2) is 0 Å². The van der Waals surface area contributed by atoms with E-state index < -0.39 is 0 Å². The van der Waals surface area contributed by atoms with E-state index in [0.717, 1.165) is 37.1 Å². The maximum absolute atomic E-state index is 7.25. The summed E-state index contributed by atoms with van der Waals surface area (Å²) in [6.07, 6.45) is 3.17. The molecule has 0 saturated heterocycles. The van der Waals surface area contributed by atoms with Crippen molar-refractivity contribution in [1.82, 2.24) is 0 Å². The highest BCUT2D eigenvalue weighted by atomic mass is 35.5. The van der Waals surface area contributed by atoms with Crippen LogP contribution in [0, 0.1) is 5.41 Å². The Hall–Kier alpha value is -1.26. The Morgan fingerprint density at radius 3 is 2.29 bits per heavy atom. The second-order valence-corrected chi connectivity index (χ2v) is 3.64. The number of benzene rings is 1. The summed E-state index contributed by atoms with van der Waals surface area (Å²) in [5.41, 5.74) is 11.5. The quantitative estimate of drug-likeness (QED) is 0.396.